The number of allylic oxidation sites excluding steroid dienone is 1. The van der Waals surface area contributed by atoms with E-state index >= 15 is 0 Å². The molecule has 0 amide bonds. The number of aliphatic hydroxyl groups is 2. The van der Waals surface area contributed by atoms with Gasteiger partial charge in [0.2, 0.25) is 0 Å². The number of esters is 1. The molecule has 6 atom stereocenters. The van der Waals surface area contributed by atoms with Gasteiger partial charge in [0.1, 0.15) is 6.10 Å². The zero-order valence-electron chi connectivity index (χ0n) is 22.5. The molecule has 0 unspecified atom stereocenters. The second kappa shape index (κ2) is 9.91. The van der Waals surface area contributed by atoms with Crippen LogP contribution in [0.3, 0.4) is 0 Å². The molecule has 0 aromatic heterocycles. The Balaban J connectivity index is 1.18. The van der Waals surface area contributed by atoms with Crippen molar-refractivity contribution >= 4 is 5.97 Å². The van der Waals surface area contributed by atoms with Crippen molar-refractivity contribution in [1.82, 2.24) is 9.80 Å². The van der Waals surface area contributed by atoms with Crippen molar-refractivity contribution in [2.75, 3.05) is 32.7 Å². The van der Waals surface area contributed by atoms with Gasteiger partial charge in [-0.05, 0) is 18.8 Å². The molecule has 1 saturated carbocycles. The summed E-state index contributed by atoms with van der Waals surface area (Å²) in [7, 11) is 0. The maximum absolute atomic E-state index is 13.1. The third kappa shape index (κ3) is 4.04. The average molecular weight is 517 g/mol. The number of nitrogens with zero attached hydrogens (tertiary/aromatic N) is 2. The summed E-state index contributed by atoms with van der Waals surface area (Å²) < 4.78 is 5.89. The Hall–Kier alpha value is -2.51. The van der Waals surface area contributed by atoms with Gasteiger partial charge in [0.15, 0.2) is 5.72 Å². The maximum Gasteiger partial charge on any atom is 0.311 e. The fourth-order valence-corrected chi connectivity index (χ4v) is 7.68. The van der Waals surface area contributed by atoms with Crippen LogP contribution in [-0.4, -0.2) is 70.9 Å². The molecule has 38 heavy (non-hydrogen) atoms. The van der Waals surface area contributed by atoms with Crippen LogP contribution in [0.4, 0.5) is 0 Å². The van der Waals surface area contributed by atoms with Gasteiger partial charge in [0, 0.05) is 61.6 Å². The molecule has 202 valence electrons. The number of fused-ring (bicyclic) bond motifs is 2. The van der Waals surface area contributed by atoms with Crippen molar-refractivity contribution in [3.05, 3.63) is 83.4 Å². The molecule has 2 aromatic carbocycles. The number of piperazine rings is 1. The second-order valence-corrected chi connectivity index (χ2v) is 12.0. The number of hydrogen-bond donors (Lipinski definition) is 2. The highest BCUT2D eigenvalue weighted by molar-refractivity contribution is 5.76. The van der Waals surface area contributed by atoms with E-state index in [0.717, 1.165) is 43.5 Å². The van der Waals surface area contributed by atoms with Crippen LogP contribution >= 0.6 is 0 Å². The summed E-state index contributed by atoms with van der Waals surface area (Å²) in [6, 6.07) is 19.7. The van der Waals surface area contributed by atoms with E-state index in [4.69, 9.17) is 4.74 Å². The Labute approximate surface area is 225 Å². The normalized spacial score (nSPS) is 34.3. The van der Waals surface area contributed by atoms with Crippen LogP contribution in [0.1, 0.15) is 44.2 Å². The highest BCUT2D eigenvalue weighted by Crippen LogP contribution is 2.56. The Morgan fingerprint density at radius 3 is 2.21 bits per heavy atom. The van der Waals surface area contributed by atoms with Crippen LogP contribution in [0.25, 0.3) is 0 Å². The summed E-state index contributed by atoms with van der Waals surface area (Å²) in [6.45, 7) is 7.82. The van der Waals surface area contributed by atoms with Crippen molar-refractivity contribution in [2.24, 2.45) is 23.2 Å². The van der Waals surface area contributed by atoms with Gasteiger partial charge in [-0.3, -0.25) is 14.6 Å². The summed E-state index contributed by atoms with van der Waals surface area (Å²) >= 11 is 0. The first kappa shape index (κ1) is 25.8. The molecule has 2 aliphatic carbocycles. The molecule has 2 N–H and O–H groups in total. The van der Waals surface area contributed by atoms with Crippen molar-refractivity contribution < 1.29 is 19.7 Å². The number of carbonyl (C=O) groups is 1. The van der Waals surface area contributed by atoms with Crippen LogP contribution in [0, 0.1) is 23.2 Å². The quantitative estimate of drug-likeness (QED) is 0.466. The largest absolute Gasteiger partial charge is 0.461 e. The molecular weight excluding hydrogens is 476 g/mol. The molecule has 2 saturated heterocycles. The summed E-state index contributed by atoms with van der Waals surface area (Å²) in [6.07, 6.45) is 4.33. The lowest BCUT2D eigenvalue weighted by atomic mass is 9.55. The molecular formula is C32H40N2O4. The van der Waals surface area contributed by atoms with E-state index in [9.17, 15) is 15.0 Å². The van der Waals surface area contributed by atoms with E-state index in [0.29, 0.717) is 25.6 Å². The van der Waals surface area contributed by atoms with E-state index in [2.05, 4.69) is 29.7 Å². The molecule has 0 spiro atoms. The van der Waals surface area contributed by atoms with Crippen LogP contribution in [0.5, 0.6) is 0 Å². The molecule has 6 rings (SSSR count). The van der Waals surface area contributed by atoms with Crippen molar-refractivity contribution in [2.45, 2.75) is 51.0 Å². The smallest absolute Gasteiger partial charge is 0.311 e. The Bertz CT molecular complexity index is 1140. The molecule has 2 aromatic rings. The molecule has 2 aliphatic heterocycles. The number of aliphatic hydroxyl groups excluding tert-OH is 1. The molecule has 0 radical (unpaired) electrons. The standard InChI is InChI=1S/C32H40N2O4/c1-22-10-9-15-25-20-27-28(29(35)31(22,25)2)26(30(36)38-27)21-33-16-18-34(19-17-33)32(37,23-11-5-3-6-12-23)24-13-7-4-8-14-24/h3-8,11-15,22,26-29,35,37H,9-10,16-21H2,1-2H3/t22-,26-,27+,28+,29+,31+/m0/s1. The van der Waals surface area contributed by atoms with Gasteiger partial charge >= 0.3 is 5.97 Å². The average Bonchev–Trinajstić information content (AvgIpc) is 3.26. The number of ether oxygens (including phenoxy) is 1. The predicted molar refractivity (Wildman–Crippen MR) is 146 cm³/mol. The zero-order valence-corrected chi connectivity index (χ0v) is 22.5. The van der Waals surface area contributed by atoms with E-state index < -0.39 is 11.8 Å². The number of benzene rings is 2. The van der Waals surface area contributed by atoms with E-state index in [1.807, 2.05) is 60.7 Å². The molecule has 4 aliphatic rings. The molecule has 6 heteroatoms. The fourth-order valence-electron chi connectivity index (χ4n) is 7.68. The summed E-state index contributed by atoms with van der Waals surface area (Å²) in [4.78, 5) is 17.6. The molecule has 6 nitrogen and oxygen atoms in total. The minimum Gasteiger partial charge on any atom is -0.461 e. The van der Waals surface area contributed by atoms with E-state index in [1.54, 1.807) is 0 Å². The van der Waals surface area contributed by atoms with Gasteiger partial charge in [-0.1, -0.05) is 86.2 Å². The maximum atomic E-state index is 13.1. The van der Waals surface area contributed by atoms with Crippen molar-refractivity contribution in [3.63, 3.8) is 0 Å². The summed E-state index contributed by atoms with van der Waals surface area (Å²) in [5.41, 5.74) is 1.47. The van der Waals surface area contributed by atoms with E-state index in [1.165, 1.54) is 5.57 Å². The minimum atomic E-state index is -1.22. The third-order valence-electron chi connectivity index (χ3n) is 10.2. The van der Waals surface area contributed by atoms with Gasteiger partial charge in [-0.25, -0.2) is 0 Å². The van der Waals surface area contributed by atoms with Crippen molar-refractivity contribution in [3.8, 4) is 0 Å². The lowest BCUT2D eigenvalue weighted by Crippen LogP contribution is -2.58. The van der Waals surface area contributed by atoms with Gasteiger partial charge in [0.05, 0.1) is 12.0 Å². The zero-order chi connectivity index (χ0) is 26.5. The Morgan fingerprint density at radius 1 is 1.00 bits per heavy atom. The SMILES string of the molecule is C[C@H]1CCC=C2C[C@H]3OC(=O)[C@@H](CN4CCN(C(O)(c5ccccc5)c5ccccc5)CC4)[C@H]3[C@@H](O)[C@@]21C. The number of carbonyl (C=O) groups excluding carboxylic acids is 1. The summed E-state index contributed by atoms with van der Waals surface area (Å²) in [5, 5.41) is 23.8. The van der Waals surface area contributed by atoms with Gasteiger partial charge in [0.25, 0.3) is 0 Å². The first-order valence-electron chi connectivity index (χ1n) is 14.2. The number of rotatable bonds is 5. The highest BCUT2D eigenvalue weighted by Gasteiger charge is 2.60. The third-order valence-corrected chi connectivity index (χ3v) is 10.2. The topological polar surface area (TPSA) is 73.2 Å². The van der Waals surface area contributed by atoms with Gasteiger partial charge < -0.3 is 14.9 Å². The van der Waals surface area contributed by atoms with Gasteiger partial charge in [-0.15, -0.1) is 0 Å². The van der Waals surface area contributed by atoms with Crippen LogP contribution in [-0.2, 0) is 15.3 Å². The lowest BCUT2D eigenvalue weighted by Gasteiger charge is -2.52. The fraction of sp³-hybridized carbons (Fsp3) is 0.531. The van der Waals surface area contributed by atoms with E-state index in [-0.39, 0.29) is 29.3 Å². The first-order valence-corrected chi connectivity index (χ1v) is 14.2. The second-order valence-electron chi connectivity index (χ2n) is 12.0. The first-order chi connectivity index (χ1) is 18.3. The lowest BCUT2D eigenvalue weighted by molar-refractivity contribution is -0.145. The number of hydrogen-bond acceptors (Lipinski definition) is 6. The Morgan fingerprint density at radius 2 is 1.61 bits per heavy atom. The molecule has 3 fully saturated rings. The van der Waals surface area contributed by atoms with Crippen LogP contribution < -0.4 is 0 Å². The predicted octanol–water partition coefficient (Wildman–Crippen LogP) is 3.78. The van der Waals surface area contributed by atoms with Crippen LogP contribution in [0.2, 0.25) is 0 Å². The Kier molecular flexibility index (Phi) is 6.71. The highest BCUT2D eigenvalue weighted by atomic mass is 16.6. The molecule has 0 bridgehead atoms. The monoisotopic (exact) mass is 516 g/mol. The van der Waals surface area contributed by atoms with Crippen molar-refractivity contribution in [1.29, 1.82) is 0 Å². The minimum absolute atomic E-state index is 0.165. The van der Waals surface area contributed by atoms with Crippen LogP contribution in [0.15, 0.2) is 72.3 Å². The molecule has 2 heterocycles. The van der Waals surface area contributed by atoms with Gasteiger partial charge in [-0.2, -0.15) is 0 Å². The summed E-state index contributed by atoms with van der Waals surface area (Å²) in [5.74, 6) is -0.279.